The van der Waals surface area contributed by atoms with Crippen molar-refractivity contribution in [2.45, 2.75) is 11.7 Å². The van der Waals surface area contributed by atoms with Crippen molar-refractivity contribution in [2.24, 2.45) is 4.99 Å². The van der Waals surface area contributed by atoms with Crippen molar-refractivity contribution in [1.29, 1.82) is 5.26 Å². The lowest BCUT2D eigenvalue weighted by atomic mass is 9.99. The molecule has 116 valence electrons. The number of hydrogen-bond donors (Lipinski definition) is 1. The van der Waals surface area contributed by atoms with E-state index in [2.05, 4.69) is 15.0 Å². The van der Waals surface area contributed by atoms with Crippen LogP contribution in [0.2, 0.25) is 5.02 Å². The Morgan fingerprint density at radius 1 is 1.35 bits per heavy atom. The molecule has 0 bridgehead atoms. The van der Waals surface area contributed by atoms with Crippen LogP contribution < -0.4 is 5.73 Å². The molecular formula is C14H10ClN5O2S. The van der Waals surface area contributed by atoms with Crippen LogP contribution in [0.25, 0.3) is 11.1 Å². The summed E-state index contributed by atoms with van der Waals surface area (Å²) in [5.74, 6) is -0.113. The van der Waals surface area contributed by atoms with E-state index in [-0.39, 0.29) is 17.1 Å². The monoisotopic (exact) mass is 347 g/mol. The molecule has 0 saturated heterocycles. The fourth-order valence-electron chi connectivity index (χ4n) is 2.32. The molecule has 1 aromatic carbocycles. The number of sulfone groups is 1. The lowest BCUT2D eigenvalue weighted by molar-refractivity contribution is 0.593. The van der Waals surface area contributed by atoms with Crippen LogP contribution in [0.5, 0.6) is 0 Å². The van der Waals surface area contributed by atoms with E-state index >= 15 is 0 Å². The van der Waals surface area contributed by atoms with Crippen molar-refractivity contribution < 1.29 is 8.42 Å². The number of benzene rings is 1. The highest BCUT2D eigenvalue weighted by atomic mass is 35.5. The molecule has 0 atom stereocenters. The SMILES string of the molecule is CS(=O)(=O)c1nc(N)c(-c2ccc3c(c2Cl)CN=C3)c(C#N)n1. The number of fused-ring (bicyclic) bond motifs is 1. The Morgan fingerprint density at radius 3 is 2.74 bits per heavy atom. The van der Waals surface area contributed by atoms with Gasteiger partial charge in [0.2, 0.25) is 15.0 Å². The van der Waals surface area contributed by atoms with Crippen molar-refractivity contribution in [2.75, 3.05) is 12.0 Å². The number of nitrogens with zero attached hydrogens (tertiary/aromatic N) is 4. The molecule has 0 unspecified atom stereocenters. The highest BCUT2D eigenvalue weighted by Gasteiger charge is 2.23. The maximum atomic E-state index is 11.6. The molecule has 23 heavy (non-hydrogen) atoms. The zero-order valence-corrected chi connectivity index (χ0v) is 13.5. The number of aromatic nitrogens is 2. The predicted octanol–water partition coefficient (Wildman–Crippen LogP) is 1.59. The van der Waals surface area contributed by atoms with Crippen LogP contribution in [0.1, 0.15) is 16.8 Å². The summed E-state index contributed by atoms with van der Waals surface area (Å²) in [5, 5.41) is 9.23. The smallest absolute Gasteiger partial charge is 0.250 e. The second kappa shape index (κ2) is 5.30. The third kappa shape index (κ3) is 2.54. The highest BCUT2D eigenvalue weighted by Crippen LogP contribution is 2.38. The van der Waals surface area contributed by atoms with Gasteiger partial charge in [0.15, 0.2) is 5.69 Å². The van der Waals surface area contributed by atoms with E-state index in [1.54, 1.807) is 18.3 Å². The van der Waals surface area contributed by atoms with Crippen LogP contribution >= 0.6 is 11.6 Å². The molecule has 0 radical (unpaired) electrons. The van der Waals surface area contributed by atoms with Crippen LogP contribution in [-0.4, -0.2) is 30.9 Å². The van der Waals surface area contributed by atoms with Crippen molar-refractivity contribution in [3.8, 4) is 17.2 Å². The summed E-state index contributed by atoms with van der Waals surface area (Å²) >= 11 is 6.40. The van der Waals surface area contributed by atoms with Gasteiger partial charge >= 0.3 is 0 Å². The van der Waals surface area contributed by atoms with Gasteiger partial charge in [-0.25, -0.2) is 18.4 Å². The van der Waals surface area contributed by atoms with Gasteiger partial charge in [-0.15, -0.1) is 0 Å². The zero-order chi connectivity index (χ0) is 16.8. The predicted molar refractivity (Wildman–Crippen MR) is 86.0 cm³/mol. The molecule has 0 amide bonds. The summed E-state index contributed by atoms with van der Waals surface area (Å²) in [6, 6.07) is 5.35. The van der Waals surface area contributed by atoms with E-state index in [1.165, 1.54) is 0 Å². The number of anilines is 1. The third-order valence-corrected chi connectivity index (χ3v) is 4.66. The minimum Gasteiger partial charge on any atom is -0.383 e. The summed E-state index contributed by atoms with van der Waals surface area (Å²) in [6.07, 6.45) is 2.66. The first-order valence-corrected chi connectivity index (χ1v) is 8.69. The Morgan fingerprint density at radius 2 is 2.09 bits per heavy atom. The number of nitrogens with two attached hydrogens (primary N) is 1. The first kappa shape index (κ1) is 15.4. The van der Waals surface area contributed by atoms with E-state index in [0.717, 1.165) is 17.4 Å². The minimum absolute atomic E-state index is 0.113. The number of halogens is 1. The average Bonchev–Trinajstić information content (AvgIpc) is 2.96. The van der Waals surface area contributed by atoms with Crippen LogP contribution in [0.4, 0.5) is 5.82 Å². The van der Waals surface area contributed by atoms with Crippen LogP contribution in [0.3, 0.4) is 0 Å². The van der Waals surface area contributed by atoms with Gasteiger partial charge in [-0.05, 0) is 5.56 Å². The Kier molecular flexibility index (Phi) is 3.55. The van der Waals surface area contributed by atoms with Crippen LogP contribution in [0.15, 0.2) is 22.3 Å². The van der Waals surface area contributed by atoms with Crippen molar-refractivity contribution in [1.82, 2.24) is 9.97 Å². The molecule has 0 aliphatic carbocycles. The van der Waals surface area contributed by atoms with Gasteiger partial charge in [0.25, 0.3) is 0 Å². The number of aliphatic imine (C=N–C) groups is 1. The molecule has 0 fully saturated rings. The summed E-state index contributed by atoms with van der Waals surface area (Å²) < 4.78 is 23.2. The summed E-state index contributed by atoms with van der Waals surface area (Å²) in [5.41, 5.74) is 8.15. The topological polar surface area (TPSA) is 122 Å². The molecule has 9 heteroatoms. The molecular weight excluding hydrogens is 338 g/mol. The van der Waals surface area contributed by atoms with Gasteiger partial charge in [0.05, 0.1) is 17.1 Å². The fraction of sp³-hybridized carbons (Fsp3) is 0.143. The summed E-state index contributed by atoms with van der Waals surface area (Å²) in [6.45, 7) is 0.437. The summed E-state index contributed by atoms with van der Waals surface area (Å²) in [7, 11) is -3.68. The normalized spacial score (nSPS) is 12.9. The highest BCUT2D eigenvalue weighted by molar-refractivity contribution is 7.90. The molecule has 2 heterocycles. The van der Waals surface area contributed by atoms with Gasteiger partial charge < -0.3 is 5.73 Å². The molecule has 0 spiro atoms. The van der Waals surface area contributed by atoms with E-state index in [1.807, 2.05) is 6.07 Å². The maximum Gasteiger partial charge on any atom is 0.250 e. The largest absolute Gasteiger partial charge is 0.383 e. The minimum atomic E-state index is -3.68. The van der Waals surface area contributed by atoms with E-state index in [4.69, 9.17) is 17.3 Å². The zero-order valence-electron chi connectivity index (χ0n) is 11.9. The number of rotatable bonds is 2. The van der Waals surface area contributed by atoms with E-state index in [0.29, 0.717) is 17.1 Å². The Balaban J connectivity index is 2.29. The fourth-order valence-corrected chi connectivity index (χ4v) is 3.16. The first-order chi connectivity index (χ1) is 10.8. The molecule has 0 saturated carbocycles. The summed E-state index contributed by atoms with van der Waals surface area (Å²) in [4.78, 5) is 11.7. The molecule has 1 aromatic heterocycles. The third-order valence-electron chi connectivity index (χ3n) is 3.38. The molecule has 2 N–H and O–H groups in total. The molecule has 7 nitrogen and oxygen atoms in total. The standard InChI is InChI=1S/C14H10ClN5O2S/c1-23(21,22)14-19-10(4-16)11(13(17)20-14)8-3-2-7-5-18-6-9(7)12(8)15/h2-3,5H,6H2,1H3,(H2,17,19,20). The number of nitriles is 1. The van der Waals surface area contributed by atoms with E-state index in [9.17, 15) is 13.7 Å². The average molecular weight is 348 g/mol. The molecule has 1 aliphatic heterocycles. The molecule has 3 rings (SSSR count). The van der Waals surface area contributed by atoms with Gasteiger partial charge in [-0.2, -0.15) is 5.26 Å². The first-order valence-electron chi connectivity index (χ1n) is 6.42. The van der Waals surface area contributed by atoms with Crippen LogP contribution in [-0.2, 0) is 16.4 Å². The second-order valence-corrected chi connectivity index (χ2v) is 7.25. The van der Waals surface area contributed by atoms with Crippen molar-refractivity contribution >= 4 is 33.5 Å². The Hall–Kier alpha value is -2.50. The molecule has 1 aliphatic rings. The number of hydrogen-bond acceptors (Lipinski definition) is 7. The van der Waals surface area contributed by atoms with Crippen molar-refractivity contribution in [3.05, 3.63) is 34.0 Å². The lowest BCUT2D eigenvalue weighted by Crippen LogP contribution is -2.10. The van der Waals surface area contributed by atoms with Crippen LogP contribution in [0, 0.1) is 11.3 Å². The van der Waals surface area contributed by atoms with E-state index < -0.39 is 15.0 Å². The Bertz CT molecular complexity index is 1010. The maximum absolute atomic E-state index is 11.6. The lowest BCUT2D eigenvalue weighted by Gasteiger charge is -2.12. The Labute approximate surface area is 137 Å². The van der Waals surface area contributed by atoms with Gasteiger partial charge in [-0.3, -0.25) is 4.99 Å². The van der Waals surface area contributed by atoms with Crippen molar-refractivity contribution in [3.63, 3.8) is 0 Å². The number of nitrogen functional groups attached to an aromatic ring is 1. The second-order valence-electron chi connectivity index (χ2n) is 4.96. The molecule has 2 aromatic rings. The van der Waals surface area contributed by atoms with Gasteiger partial charge in [-0.1, -0.05) is 23.7 Å². The van der Waals surface area contributed by atoms with Gasteiger partial charge in [0.1, 0.15) is 11.9 Å². The quantitative estimate of drug-likeness (QED) is 0.823. The van der Waals surface area contributed by atoms with Gasteiger partial charge in [0, 0.05) is 23.6 Å².